The molecule has 1 saturated heterocycles. The van der Waals surface area contributed by atoms with E-state index < -0.39 is 23.8 Å². The van der Waals surface area contributed by atoms with Crippen molar-refractivity contribution in [3.8, 4) is 0 Å². The topological polar surface area (TPSA) is 57.7 Å². The van der Waals surface area contributed by atoms with E-state index in [0.29, 0.717) is 0 Å². The highest BCUT2D eigenvalue weighted by atomic mass is 16.2. The number of hydrogen-bond acceptors (Lipinski definition) is 3. The summed E-state index contributed by atoms with van der Waals surface area (Å²) in [7, 11) is 2.84. The fourth-order valence-corrected chi connectivity index (χ4v) is 2.88. The number of barbiturate groups is 1. The molecule has 0 spiro atoms. The van der Waals surface area contributed by atoms with Gasteiger partial charge in [0.1, 0.15) is 5.92 Å². The number of amides is 4. The zero-order chi connectivity index (χ0) is 15.7. The Morgan fingerprint density at radius 1 is 0.905 bits per heavy atom. The lowest BCUT2D eigenvalue weighted by Gasteiger charge is -2.38. The largest absolute Gasteiger partial charge is 0.332 e. The quantitative estimate of drug-likeness (QED) is 0.800. The first kappa shape index (κ1) is 15.2. The maximum Gasteiger partial charge on any atom is 0.332 e. The molecule has 1 aromatic rings. The number of benzene rings is 1. The minimum absolute atomic E-state index is 0.0975. The van der Waals surface area contributed by atoms with E-state index in [2.05, 4.69) is 0 Å². The molecule has 1 unspecified atom stereocenters. The second-order valence-corrected chi connectivity index (χ2v) is 5.74. The van der Waals surface area contributed by atoms with Crippen LogP contribution >= 0.6 is 0 Å². The molecule has 0 aromatic heterocycles. The van der Waals surface area contributed by atoms with E-state index in [-0.39, 0.29) is 11.8 Å². The van der Waals surface area contributed by atoms with Crippen LogP contribution in [0.3, 0.4) is 0 Å². The van der Waals surface area contributed by atoms with Gasteiger partial charge in [0.05, 0.1) is 0 Å². The van der Waals surface area contributed by atoms with Crippen LogP contribution in [0.2, 0.25) is 0 Å². The summed E-state index contributed by atoms with van der Waals surface area (Å²) >= 11 is 0. The smallest absolute Gasteiger partial charge is 0.273 e. The third kappa shape index (κ3) is 2.55. The molecule has 21 heavy (non-hydrogen) atoms. The van der Waals surface area contributed by atoms with Crippen molar-refractivity contribution in [1.29, 1.82) is 0 Å². The van der Waals surface area contributed by atoms with Crippen LogP contribution in [0.25, 0.3) is 0 Å². The molecule has 0 saturated carbocycles. The second kappa shape index (κ2) is 5.68. The Labute approximate surface area is 124 Å². The minimum atomic E-state index is -0.847. The molecule has 1 aliphatic rings. The van der Waals surface area contributed by atoms with Crippen LogP contribution in [0.4, 0.5) is 4.79 Å². The van der Waals surface area contributed by atoms with Gasteiger partial charge >= 0.3 is 6.03 Å². The molecule has 0 radical (unpaired) electrons. The molecular formula is C16H20N2O3. The van der Waals surface area contributed by atoms with Crippen LogP contribution in [0.1, 0.15) is 25.3 Å². The highest BCUT2D eigenvalue weighted by Crippen LogP contribution is 2.36. The first-order valence-corrected chi connectivity index (χ1v) is 7.00. The summed E-state index contributed by atoms with van der Waals surface area (Å²) in [6, 6.07) is 8.94. The molecule has 5 nitrogen and oxygen atoms in total. The highest BCUT2D eigenvalue weighted by molar-refractivity contribution is 6.16. The molecule has 1 aliphatic heterocycles. The van der Waals surface area contributed by atoms with Crippen molar-refractivity contribution in [3.63, 3.8) is 0 Å². The van der Waals surface area contributed by atoms with Crippen LogP contribution < -0.4 is 0 Å². The normalized spacial score (nSPS) is 18.6. The summed E-state index contributed by atoms with van der Waals surface area (Å²) in [4.78, 5) is 38.8. The van der Waals surface area contributed by atoms with E-state index in [4.69, 9.17) is 0 Å². The van der Waals surface area contributed by atoms with Crippen molar-refractivity contribution >= 4 is 17.8 Å². The average Bonchev–Trinajstić information content (AvgIpc) is 2.48. The fraction of sp³-hybridized carbons (Fsp3) is 0.438. The van der Waals surface area contributed by atoms with Crippen molar-refractivity contribution in [2.75, 3.05) is 14.1 Å². The molecule has 0 aliphatic carbocycles. The Morgan fingerprint density at radius 2 is 1.38 bits per heavy atom. The number of rotatable bonds is 3. The van der Waals surface area contributed by atoms with Crippen molar-refractivity contribution in [1.82, 2.24) is 9.80 Å². The zero-order valence-corrected chi connectivity index (χ0v) is 12.7. The van der Waals surface area contributed by atoms with Gasteiger partial charge < -0.3 is 0 Å². The van der Waals surface area contributed by atoms with E-state index in [1.807, 2.05) is 44.2 Å². The van der Waals surface area contributed by atoms with Crippen molar-refractivity contribution in [2.24, 2.45) is 11.8 Å². The van der Waals surface area contributed by atoms with Gasteiger partial charge in [0, 0.05) is 20.0 Å². The SMILES string of the molecule is CC(C)C(c1ccccc1)C1C(=O)N(C)C(=O)N(C)C1=O. The van der Waals surface area contributed by atoms with Gasteiger partial charge in [-0.2, -0.15) is 0 Å². The van der Waals surface area contributed by atoms with E-state index in [1.54, 1.807) is 0 Å². The van der Waals surface area contributed by atoms with E-state index >= 15 is 0 Å². The number of urea groups is 1. The van der Waals surface area contributed by atoms with E-state index in [0.717, 1.165) is 15.4 Å². The van der Waals surface area contributed by atoms with Gasteiger partial charge in [-0.3, -0.25) is 19.4 Å². The monoisotopic (exact) mass is 288 g/mol. The Bertz CT molecular complexity index is 544. The summed E-state index contributed by atoms with van der Waals surface area (Å²) in [5.41, 5.74) is 0.940. The summed E-state index contributed by atoms with van der Waals surface area (Å²) in [6.07, 6.45) is 0. The Balaban J connectivity index is 2.47. The Hall–Kier alpha value is -2.17. The first-order valence-electron chi connectivity index (χ1n) is 7.00. The predicted octanol–water partition coefficient (Wildman–Crippen LogP) is 2.09. The number of carbonyl (C=O) groups excluding carboxylic acids is 3. The third-order valence-corrected chi connectivity index (χ3v) is 4.03. The van der Waals surface area contributed by atoms with E-state index in [9.17, 15) is 14.4 Å². The number of imide groups is 2. The minimum Gasteiger partial charge on any atom is -0.273 e. The van der Waals surface area contributed by atoms with Crippen LogP contribution in [-0.4, -0.2) is 41.7 Å². The highest BCUT2D eigenvalue weighted by Gasteiger charge is 2.47. The van der Waals surface area contributed by atoms with E-state index in [1.165, 1.54) is 14.1 Å². The van der Waals surface area contributed by atoms with Crippen LogP contribution in [0.15, 0.2) is 30.3 Å². The molecule has 2 rings (SSSR count). The number of carbonyl (C=O) groups is 3. The van der Waals surface area contributed by atoms with Gasteiger partial charge in [0.15, 0.2) is 0 Å². The molecule has 0 bridgehead atoms. The summed E-state index contributed by atoms with van der Waals surface area (Å²) in [5.74, 6) is -1.85. The fourth-order valence-electron chi connectivity index (χ4n) is 2.88. The zero-order valence-electron chi connectivity index (χ0n) is 12.7. The Morgan fingerprint density at radius 3 is 1.81 bits per heavy atom. The first-order chi connectivity index (χ1) is 9.86. The second-order valence-electron chi connectivity index (χ2n) is 5.74. The molecule has 5 heteroatoms. The van der Waals surface area contributed by atoms with Gasteiger partial charge in [-0.25, -0.2) is 4.79 Å². The third-order valence-electron chi connectivity index (χ3n) is 4.03. The lowest BCUT2D eigenvalue weighted by Crippen LogP contribution is -2.58. The molecule has 1 aromatic carbocycles. The van der Waals surface area contributed by atoms with Gasteiger partial charge in [-0.15, -0.1) is 0 Å². The lowest BCUT2D eigenvalue weighted by atomic mass is 9.76. The van der Waals surface area contributed by atoms with Crippen LogP contribution in [-0.2, 0) is 9.59 Å². The molecule has 1 fully saturated rings. The summed E-state index contributed by atoms with van der Waals surface area (Å²) in [5, 5.41) is 0. The van der Waals surface area contributed by atoms with Crippen LogP contribution in [0, 0.1) is 11.8 Å². The van der Waals surface area contributed by atoms with Gasteiger partial charge in [0.2, 0.25) is 11.8 Å². The maximum atomic E-state index is 12.5. The van der Waals surface area contributed by atoms with Crippen LogP contribution in [0.5, 0.6) is 0 Å². The van der Waals surface area contributed by atoms with Crippen molar-refractivity contribution in [2.45, 2.75) is 19.8 Å². The molecule has 1 atom stereocenters. The van der Waals surface area contributed by atoms with Gasteiger partial charge in [-0.1, -0.05) is 44.2 Å². The van der Waals surface area contributed by atoms with Crippen molar-refractivity contribution < 1.29 is 14.4 Å². The molecule has 112 valence electrons. The summed E-state index contributed by atoms with van der Waals surface area (Å²) in [6.45, 7) is 3.96. The summed E-state index contributed by atoms with van der Waals surface area (Å²) < 4.78 is 0. The Kier molecular flexibility index (Phi) is 4.11. The molecular weight excluding hydrogens is 268 g/mol. The maximum absolute atomic E-state index is 12.5. The van der Waals surface area contributed by atoms with Gasteiger partial charge in [0.25, 0.3) is 0 Å². The standard InChI is InChI=1S/C16H20N2O3/c1-10(2)12(11-8-6-5-7-9-11)13-14(19)17(3)16(21)18(4)15(13)20/h5-10,12-13H,1-4H3. The lowest BCUT2D eigenvalue weighted by molar-refractivity contribution is -0.149. The van der Waals surface area contributed by atoms with Crippen molar-refractivity contribution in [3.05, 3.63) is 35.9 Å². The molecule has 4 amide bonds. The number of hydrogen-bond donors (Lipinski definition) is 0. The van der Waals surface area contributed by atoms with Gasteiger partial charge in [-0.05, 0) is 11.5 Å². The predicted molar refractivity (Wildman–Crippen MR) is 78.4 cm³/mol. The molecule has 0 N–H and O–H groups in total. The number of nitrogens with zero attached hydrogens (tertiary/aromatic N) is 2. The average molecular weight is 288 g/mol. The molecule has 1 heterocycles.